The summed E-state index contributed by atoms with van der Waals surface area (Å²) < 4.78 is 23.5. The van der Waals surface area contributed by atoms with Crippen LogP contribution in [0.5, 0.6) is 0 Å². The zero-order chi connectivity index (χ0) is 42.1. The zero-order valence-electron chi connectivity index (χ0n) is 38.1. The van der Waals surface area contributed by atoms with Gasteiger partial charge in [-0.2, -0.15) is 0 Å². The minimum Gasteiger partial charge on any atom is -0.387 e. The van der Waals surface area contributed by atoms with Crippen LogP contribution in [-0.4, -0.2) is 73.4 Å². The minimum absolute atomic E-state index is 0.0543. The lowest BCUT2D eigenvalue weighted by molar-refractivity contribution is -0.870. The number of rotatable bonds is 43. The van der Waals surface area contributed by atoms with Gasteiger partial charge in [-0.1, -0.05) is 204 Å². The summed E-state index contributed by atoms with van der Waals surface area (Å²) in [6.45, 7) is 4.67. The maximum atomic E-state index is 12.9. The zero-order valence-corrected chi connectivity index (χ0v) is 39.0. The van der Waals surface area contributed by atoms with Crippen LogP contribution in [0.3, 0.4) is 0 Å². The Bertz CT molecular complexity index is 1030. The third kappa shape index (κ3) is 42.6. The maximum Gasteiger partial charge on any atom is 0.472 e. The molecule has 3 N–H and O–H groups in total. The molecule has 0 saturated heterocycles. The Morgan fingerprint density at radius 1 is 0.596 bits per heavy atom. The van der Waals surface area contributed by atoms with E-state index in [2.05, 4.69) is 43.5 Å². The van der Waals surface area contributed by atoms with Crippen molar-refractivity contribution in [3.05, 3.63) is 36.5 Å². The second-order valence-electron chi connectivity index (χ2n) is 17.4. The van der Waals surface area contributed by atoms with Crippen molar-refractivity contribution >= 4 is 13.7 Å². The fraction of sp³-hybridized carbons (Fsp3) is 0.854. The molecule has 0 aliphatic heterocycles. The predicted octanol–water partition coefficient (Wildman–Crippen LogP) is 13.5. The third-order valence-electron chi connectivity index (χ3n) is 10.6. The maximum absolute atomic E-state index is 12.9. The molecule has 3 unspecified atom stereocenters. The van der Waals surface area contributed by atoms with Gasteiger partial charge in [0.05, 0.1) is 39.9 Å². The summed E-state index contributed by atoms with van der Waals surface area (Å²) in [4.78, 5) is 23.1. The number of nitrogens with one attached hydrogen (secondary N) is 1. The monoisotopic (exact) mass is 826 g/mol. The van der Waals surface area contributed by atoms with Gasteiger partial charge in [0.2, 0.25) is 5.91 Å². The molecule has 0 aromatic rings. The van der Waals surface area contributed by atoms with Gasteiger partial charge in [-0.3, -0.25) is 13.8 Å². The Balaban J connectivity index is 4.14. The lowest BCUT2D eigenvalue weighted by Crippen LogP contribution is -2.45. The number of likely N-dealkylation sites (N-methyl/N-ethyl adjacent to an activating group) is 1. The molecule has 3 atom stereocenters. The molecular formula is C48H94N2O6P+. The van der Waals surface area contributed by atoms with Crippen molar-refractivity contribution in [2.24, 2.45) is 0 Å². The van der Waals surface area contributed by atoms with Gasteiger partial charge >= 0.3 is 7.82 Å². The average molecular weight is 826 g/mol. The van der Waals surface area contributed by atoms with Crippen molar-refractivity contribution in [2.45, 2.75) is 225 Å². The number of aliphatic hydroxyl groups excluding tert-OH is 1. The number of amides is 1. The third-order valence-corrected chi connectivity index (χ3v) is 11.6. The summed E-state index contributed by atoms with van der Waals surface area (Å²) in [5.41, 5.74) is 0. The van der Waals surface area contributed by atoms with E-state index in [1.807, 2.05) is 27.2 Å². The van der Waals surface area contributed by atoms with E-state index in [1.165, 1.54) is 141 Å². The highest BCUT2D eigenvalue weighted by molar-refractivity contribution is 7.47. The van der Waals surface area contributed by atoms with Gasteiger partial charge in [-0.05, 0) is 38.5 Å². The van der Waals surface area contributed by atoms with Crippen molar-refractivity contribution in [1.82, 2.24) is 5.32 Å². The molecule has 57 heavy (non-hydrogen) atoms. The number of carbonyl (C=O) groups excluding carboxylic acids is 1. The van der Waals surface area contributed by atoms with Gasteiger partial charge in [0, 0.05) is 6.42 Å². The fourth-order valence-corrected chi connectivity index (χ4v) is 7.58. The number of unbranched alkanes of at least 4 members (excludes halogenated alkanes) is 26. The van der Waals surface area contributed by atoms with Gasteiger partial charge in [0.1, 0.15) is 13.2 Å². The van der Waals surface area contributed by atoms with E-state index in [4.69, 9.17) is 9.05 Å². The number of phosphoric acid groups is 1. The summed E-state index contributed by atoms with van der Waals surface area (Å²) in [5.74, 6) is -0.191. The lowest BCUT2D eigenvalue weighted by atomic mass is 10.0. The summed E-state index contributed by atoms with van der Waals surface area (Å²) in [6.07, 6.45) is 49.6. The first kappa shape index (κ1) is 55.7. The first-order valence-electron chi connectivity index (χ1n) is 23.9. The van der Waals surface area contributed by atoms with Crippen LogP contribution in [0, 0.1) is 0 Å². The Kier molecular flexibility index (Phi) is 39.2. The van der Waals surface area contributed by atoms with Crippen LogP contribution in [0.25, 0.3) is 0 Å². The average Bonchev–Trinajstić information content (AvgIpc) is 3.16. The SMILES string of the molecule is CC/C=C/CC/C=C/CC/C=C/C(O)C(COP(=O)(O)OCC[N+](C)(C)C)NC(=O)CCCCCCCCCCCCCCCCCCCCCCCCCCC. The first-order chi connectivity index (χ1) is 27.5. The topological polar surface area (TPSA) is 105 Å². The molecular weight excluding hydrogens is 732 g/mol. The first-order valence-corrected chi connectivity index (χ1v) is 25.4. The smallest absolute Gasteiger partial charge is 0.387 e. The molecule has 1 amide bonds. The minimum atomic E-state index is -4.34. The van der Waals surface area contributed by atoms with Crippen LogP contribution in [0.15, 0.2) is 36.5 Å². The normalized spacial score (nSPS) is 14.6. The van der Waals surface area contributed by atoms with E-state index >= 15 is 0 Å². The van der Waals surface area contributed by atoms with Gasteiger partial charge < -0.3 is 19.8 Å². The van der Waals surface area contributed by atoms with Gasteiger partial charge in [0.15, 0.2) is 0 Å². The highest BCUT2D eigenvalue weighted by atomic mass is 31.2. The van der Waals surface area contributed by atoms with E-state index < -0.39 is 20.0 Å². The van der Waals surface area contributed by atoms with E-state index in [0.29, 0.717) is 17.4 Å². The molecule has 0 saturated carbocycles. The second-order valence-corrected chi connectivity index (χ2v) is 18.9. The van der Waals surface area contributed by atoms with Crippen LogP contribution in [0.1, 0.15) is 213 Å². The van der Waals surface area contributed by atoms with Crippen LogP contribution >= 0.6 is 7.82 Å². The Morgan fingerprint density at radius 2 is 0.982 bits per heavy atom. The fourth-order valence-electron chi connectivity index (χ4n) is 6.85. The van der Waals surface area contributed by atoms with Crippen LogP contribution in [0.4, 0.5) is 0 Å². The standard InChI is InChI=1S/C48H93N2O6P/c1-6-8-10-12-14-16-18-19-20-21-22-23-24-25-26-27-28-29-30-31-32-34-36-38-40-42-48(52)49-46(45-56-57(53,54)55-44-43-50(3,4)5)47(51)41-39-37-35-33-17-15-13-11-9-7-2/h9,11,17,33,39,41,46-47,51H,6-8,10,12-16,18-32,34-38,40,42-45H2,1-5H3,(H-,49,52,53,54)/p+1/b11-9+,33-17+,41-39+. The number of phosphoric ester groups is 1. The number of hydrogen-bond donors (Lipinski definition) is 3. The molecule has 0 rings (SSSR count). The Labute approximate surface area is 353 Å². The van der Waals surface area contributed by atoms with E-state index in [9.17, 15) is 19.4 Å². The molecule has 336 valence electrons. The Hall–Kier alpha value is -1.28. The number of nitrogens with zero attached hydrogens (tertiary/aromatic N) is 1. The molecule has 0 aliphatic carbocycles. The largest absolute Gasteiger partial charge is 0.472 e. The van der Waals surface area contributed by atoms with Crippen molar-refractivity contribution < 1.29 is 32.9 Å². The molecule has 0 heterocycles. The van der Waals surface area contributed by atoms with Crippen LogP contribution in [-0.2, 0) is 18.4 Å². The number of quaternary nitrogens is 1. The number of hydrogen-bond acceptors (Lipinski definition) is 5. The highest BCUT2D eigenvalue weighted by Crippen LogP contribution is 2.43. The molecule has 0 spiro atoms. The number of aliphatic hydroxyl groups is 1. The van der Waals surface area contributed by atoms with Crippen molar-refractivity contribution in [2.75, 3.05) is 40.9 Å². The quantitative estimate of drug-likeness (QED) is 0.0245. The van der Waals surface area contributed by atoms with Gasteiger partial charge in [0.25, 0.3) is 0 Å². The van der Waals surface area contributed by atoms with E-state index in [-0.39, 0.29) is 19.1 Å². The van der Waals surface area contributed by atoms with Crippen molar-refractivity contribution in [3.63, 3.8) is 0 Å². The molecule has 0 aliphatic rings. The molecule has 0 aromatic carbocycles. The van der Waals surface area contributed by atoms with Crippen molar-refractivity contribution in [1.29, 1.82) is 0 Å². The van der Waals surface area contributed by atoms with E-state index in [1.54, 1.807) is 6.08 Å². The molecule has 9 heteroatoms. The molecule has 0 radical (unpaired) electrons. The summed E-state index contributed by atoms with van der Waals surface area (Å²) in [7, 11) is 1.55. The summed E-state index contributed by atoms with van der Waals surface area (Å²) in [5, 5.41) is 13.8. The van der Waals surface area contributed by atoms with Gasteiger partial charge in [-0.25, -0.2) is 4.57 Å². The molecule has 0 bridgehead atoms. The molecule has 0 fully saturated rings. The number of allylic oxidation sites excluding steroid dienone is 5. The van der Waals surface area contributed by atoms with Crippen LogP contribution < -0.4 is 5.32 Å². The summed E-state index contributed by atoms with van der Waals surface area (Å²) in [6, 6.07) is -0.865. The van der Waals surface area contributed by atoms with E-state index in [0.717, 1.165) is 51.4 Å². The van der Waals surface area contributed by atoms with Crippen molar-refractivity contribution in [3.8, 4) is 0 Å². The molecule has 0 aromatic heterocycles. The van der Waals surface area contributed by atoms with Gasteiger partial charge in [-0.15, -0.1) is 0 Å². The van der Waals surface area contributed by atoms with Crippen LogP contribution in [0.2, 0.25) is 0 Å². The number of carbonyl (C=O) groups is 1. The second kappa shape index (κ2) is 40.1. The summed E-state index contributed by atoms with van der Waals surface area (Å²) >= 11 is 0. The Morgan fingerprint density at radius 3 is 1.39 bits per heavy atom. The highest BCUT2D eigenvalue weighted by Gasteiger charge is 2.27. The molecule has 8 nitrogen and oxygen atoms in total. The lowest BCUT2D eigenvalue weighted by Gasteiger charge is -2.25. The predicted molar refractivity (Wildman–Crippen MR) is 244 cm³/mol.